The Morgan fingerprint density at radius 3 is 2.40 bits per heavy atom. The van der Waals surface area contributed by atoms with Crippen molar-refractivity contribution in [3.63, 3.8) is 0 Å². The summed E-state index contributed by atoms with van der Waals surface area (Å²) in [6.45, 7) is 7.39. The minimum Gasteiger partial charge on any atom is -0.305 e. The van der Waals surface area contributed by atoms with Crippen LogP contribution >= 0.6 is 27.3 Å². The predicted molar refractivity (Wildman–Crippen MR) is 87.5 cm³/mol. The van der Waals surface area contributed by atoms with Crippen LogP contribution in [0.4, 0.5) is 4.39 Å². The normalized spacial score (nSPS) is 13.4. The Bertz CT molecular complexity index is 557. The maximum Gasteiger partial charge on any atom is 0.123 e. The van der Waals surface area contributed by atoms with E-state index < -0.39 is 0 Å². The SMILES string of the molecule is CC(C)(C)C(NCc1cc(Br)cs1)c1ccc(F)cc1. The summed E-state index contributed by atoms with van der Waals surface area (Å²) in [5, 5.41) is 5.68. The van der Waals surface area contributed by atoms with E-state index in [0.29, 0.717) is 0 Å². The van der Waals surface area contributed by atoms with Gasteiger partial charge in [-0.3, -0.25) is 0 Å². The highest BCUT2D eigenvalue weighted by Crippen LogP contribution is 2.33. The van der Waals surface area contributed by atoms with Crippen LogP contribution in [0.2, 0.25) is 0 Å². The first-order valence-corrected chi connectivity index (χ1v) is 8.25. The van der Waals surface area contributed by atoms with Gasteiger partial charge in [-0.15, -0.1) is 11.3 Å². The molecule has 20 heavy (non-hydrogen) atoms. The zero-order valence-electron chi connectivity index (χ0n) is 11.9. The van der Waals surface area contributed by atoms with E-state index in [1.54, 1.807) is 11.3 Å². The second-order valence-corrected chi connectivity index (χ2v) is 7.87. The van der Waals surface area contributed by atoms with Crippen molar-refractivity contribution < 1.29 is 4.39 Å². The Balaban J connectivity index is 2.14. The van der Waals surface area contributed by atoms with Crippen LogP contribution < -0.4 is 5.32 Å². The molecule has 0 aliphatic rings. The molecule has 1 nitrogen and oxygen atoms in total. The summed E-state index contributed by atoms with van der Waals surface area (Å²) >= 11 is 5.20. The van der Waals surface area contributed by atoms with Crippen molar-refractivity contribution in [3.8, 4) is 0 Å². The zero-order chi connectivity index (χ0) is 14.8. The molecule has 1 aromatic heterocycles. The summed E-state index contributed by atoms with van der Waals surface area (Å²) in [6.07, 6.45) is 0. The molecule has 2 aromatic rings. The van der Waals surface area contributed by atoms with Crippen LogP contribution in [-0.2, 0) is 6.54 Å². The largest absolute Gasteiger partial charge is 0.305 e. The summed E-state index contributed by atoms with van der Waals surface area (Å²) in [4.78, 5) is 1.29. The second-order valence-electron chi connectivity index (χ2n) is 5.96. The van der Waals surface area contributed by atoms with Crippen molar-refractivity contribution >= 4 is 27.3 Å². The van der Waals surface area contributed by atoms with E-state index in [9.17, 15) is 4.39 Å². The molecule has 1 aromatic carbocycles. The second kappa shape index (κ2) is 6.37. The maximum absolute atomic E-state index is 13.1. The maximum atomic E-state index is 13.1. The van der Waals surface area contributed by atoms with Gasteiger partial charge in [0.15, 0.2) is 0 Å². The van der Waals surface area contributed by atoms with Gasteiger partial charge in [0.25, 0.3) is 0 Å². The van der Waals surface area contributed by atoms with E-state index in [4.69, 9.17) is 0 Å². The standard InChI is InChI=1S/C16H19BrFNS/c1-16(2,3)15(11-4-6-13(18)7-5-11)19-9-14-8-12(17)10-20-14/h4-8,10,15,19H,9H2,1-3H3. The summed E-state index contributed by atoms with van der Waals surface area (Å²) in [7, 11) is 0. The van der Waals surface area contributed by atoms with Crippen molar-refractivity contribution in [1.82, 2.24) is 5.32 Å². The number of thiophene rings is 1. The molecule has 1 unspecified atom stereocenters. The fraction of sp³-hybridized carbons (Fsp3) is 0.375. The van der Waals surface area contributed by atoms with E-state index in [2.05, 4.69) is 53.5 Å². The third-order valence-electron chi connectivity index (χ3n) is 3.17. The quantitative estimate of drug-likeness (QED) is 0.760. The Kier molecular flexibility index (Phi) is 4.99. The molecule has 0 spiro atoms. The van der Waals surface area contributed by atoms with Gasteiger partial charge in [0.1, 0.15) is 5.82 Å². The summed E-state index contributed by atoms with van der Waals surface area (Å²) in [5.41, 5.74) is 1.18. The van der Waals surface area contributed by atoms with Gasteiger partial charge in [0, 0.05) is 27.3 Å². The van der Waals surface area contributed by atoms with Crippen molar-refractivity contribution in [3.05, 3.63) is 56.4 Å². The van der Waals surface area contributed by atoms with Crippen molar-refractivity contribution in [2.24, 2.45) is 5.41 Å². The first kappa shape index (κ1) is 15.7. The van der Waals surface area contributed by atoms with Crippen molar-refractivity contribution in [2.45, 2.75) is 33.4 Å². The zero-order valence-corrected chi connectivity index (χ0v) is 14.3. The highest BCUT2D eigenvalue weighted by molar-refractivity contribution is 9.10. The van der Waals surface area contributed by atoms with Gasteiger partial charge in [-0.25, -0.2) is 4.39 Å². The van der Waals surface area contributed by atoms with Crippen LogP contribution in [-0.4, -0.2) is 0 Å². The van der Waals surface area contributed by atoms with Crippen LogP contribution in [0.25, 0.3) is 0 Å². The fourth-order valence-corrected chi connectivity index (χ4v) is 3.63. The van der Waals surface area contributed by atoms with Gasteiger partial charge in [0.05, 0.1) is 0 Å². The average Bonchev–Trinajstić information content (AvgIpc) is 2.76. The number of hydrogen-bond donors (Lipinski definition) is 1. The number of benzene rings is 1. The Hall–Kier alpha value is -0.710. The van der Waals surface area contributed by atoms with Crippen molar-refractivity contribution in [1.29, 1.82) is 0 Å². The number of nitrogens with one attached hydrogen (secondary N) is 1. The van der Waals surface area contributed by atoms with Gasteiger partial charge in [-0.2, -0.15) is 0 Å². The summed E-state index contributed by atoms with van der Waals surface area (Å²) in [5.74, 6) is -0.191. The molecule has 0 amide bonds. The fourth-order valence-electron chi connectivity index (χ4n) is 2.23. The van der Waals surface area contributed by atoms with E-state index >= 15 is 0 Å². The first-order valence-electron chi connectivity index (χ1n) is 6.58. The van der Waals surface area contributed by atoms with Crippen LogP contribution in [0, 0.1) is 11.2 Å². The molecule has 1 heterocycles. The highest BCUT2D eigenvalue weighted by atomic mass is 79.9. The molecule has 0 saturated heterocycles. The molecule has 1 atom stereocenters. The predicted octanol–water partition coefficient (Wildman–Crippen LogP) is 5.53. The minimum atomic E-state index is -0.191. The lowest BCUT2D eigenvalue weighted by atomic mass is 9.82. The lowest BCUT2D eigenvalue weighted by Gasteiger charge is -2.32. The van der Waals surface area contributed by atoms with Crippen LogP contribution in [0.1, 0.15) is 37.3 Å². The van der Waals surface area contributed by atoms with E-state index in [-0.39, 0.29) is 17.3 Å². The molecule has 0 aliphatic heterocycles. The lowest BCUT2D eigenvalue weighted by Crippen LogP contribution is -2.31. The number of halogens is 2. The van der Waals surface area contributed by atoms with E-state index in [0.717, 1.165) is 16.6 Å². The average molecular weight is 356 g/mol. The van der Waals surface area contributed by atoms with Gasteiger partial charge in [-0.1, -0.05) is 32.9 Å². The van der Waals surface area contributed by atoms with Gasteiger partial charge in [0.2, 0.25) is 0 Å². The van der Waals surface area contributed by atoms with Gasteiger partial charge < -0.3 is 5.32 Å². The van der Waals surface area contributed by atoms with Crippen molar-refractivity contribution in [2.75, 3.05) is 0 Å². The van der Waals surface area contributed by atoms with Crippen LogP contribution in [0.5, 0.6) is 0 Å². The van der Waals surface area contributed by atoms with Gasteiger partial charge >= 0.3 is 0 Å². The molecule has 0 saturated carbocycles. The van der Waals surface area contributed by atoms with Gasteiger partial charge in [-0.05, 0) is 45.1 Å². The molecular formula is C16H19BrFNS. The van der Waals surface area contributed by atoms with Crippen LogP contribution in [0.15, 0.2) is 40.2 Å². The number of hydrogen-bond acceptors (Lipinski definition) is 2. The lowest BCUT2D eigenvalue weighted by molar-refractivity contribution is 0.271. The van der Waals surface area contributed by atoms with E-state index in [1.807, 2.05) is 12.1 Å². The Labute approximate surface area is 132 Å². The summed E-state index contributed by atoms with van der Waals surface area (Å²) in [6, 6.07) is 9.09. The molecule has 4 heteroatoms. The van der Waals surface area contributed by atoms with E-state index in [1.165, 1.54) is 17.0 Å². The molecule has 0 aliphatic carbocycles. The molecule has 0 bridgehead atoms. The molecule has 0 fully saturated rings. The smallest absolute Gasteiger partial charge is 0.123 e. The molecule has 1 N–H and O–H groups in total. The molecule has 2 rings (SSSR count). The highest BCUT2D eigenvalue weighted by Gasteiger charge is 2.25. The third-order valence-corrected chi connectivity index (χ3v) is 4.87. The Morgan fingerprint density at radius 1 is 1.25 bits per heavy atom. The summed E-state index contributed by atoms with van der Waals surface area (Å²) < 4.78 is 14.2. The third kappa shape index (κ3) is 4.14. The monoisotopic (exact) mass is 355 g/mol. The molecular weight excluding hydrogens is 337 g/mol. The topological polar surface area (TPSA) is 12.0 Å². The number of rotatable bonds is 4. The first-order chi connectivity index (χ1) is 9.36. The molecule has 108 valence electrons. The Morgan fingerprint density at radius 2 is 1.90 bits per heavy atom. The molecule has 0 radical (unpaired) electrons. The minimum absolute atomic E-state index is 0.0618. The van der Waals surface area contributed by atoms with Crippen LogP contribution in [0.3, 0.4) is 0 Å².